The highest BCUT2D eigenvalue weighted by atomic mass is 79.9. The smallest absolute Gasteiger partial charge is 0.192 e. The number of alkyl halides is 1. The lowest BCUT2D eigenvalue weighted by molar-refractivity contribution is 0.229. The summed E-state index contributed by atoms with van der Waals surface area (Å²) >= 11 is 3.69. The van der Waals surface area contributed by atoms with Crippen molar-refractivity contribution in [3.8, 4) is 0 Å². The molecule has 0 aromatic rings. The zero-order chi connectivity index (χ0) is 19.7. The molecule has 0 aromatic carbocycles. The second kappa shape index (κ2) is 8.30. The van der Waals surface area contributed by atoms with Gasteiger partial charge in [-0.25, -0.2) is 0 Å². The molecule has 0 N–H and O–H groups in total. The standard InChI is InChI=1S/C20H41BrO2Si2/c1-19(2,3)24(7,8)22-14-17-12-11-16(13-21)18(17)15-23-25(9,10)20(4,5)6/h17H,11-15H2,1-10H3. The van der Waals surface area contributed by atoms with E-state index in [-0.39, 0.29) is 10.1 Å². The summed E-state index contributed by atoms with van der Waals surface area (Å²) in [6.07, 6.45) is 2.40. The first-order valence-electron chi connectivity index (χ1n) is 9.67. The van der Waals surface area contributed by atoms with Crippen molar-refractivity contribution in [2.45, 2.75) is 90.6 Å². The molecule has 25 heavy (non-hydrogen) atoms. The first-order valence-corrected chi connectivity index (χ1v) is 16.6. The third-order valence-corrected chi connectivity index (χ3v) is 16.4. The molecule has 1 aliphatic rings. The fourth-order valence-electron chi connectivity index (χ4n) is 2.53. The van der Waals surface area contributed by atoms with Crippen LogP contribution in [-0.2, 0) is 8.85 Å². The Balaban J connectivity index is 2.81. The van der Waals surface area contributed by atoms with E-state index in [0.717, 1.165) is 18.5 Å². The second-order valence-electron chi connectivity index (χ2n) is 10.6. The molecule has 0 heterocycles. The van der Waals surface area contributed by atoms with E-state index >= 15 is 0 Å². The lowest BCUT2D eigenvalue weighted by atomic mass is 10.0. The van der Waals surface area contributed by atoms with E-state index < -0.39 is 16.6 Å². The van der Waals surface area contributed by atoms with Crippen LogP contribution in [0.2, 0.25) is 36.3 Å². The molecule has 1 rings (SSSR count). The van der Waals surface area contributed by atoms with E-state index in [9.17, 15) is 0 Å². The fourth-order valence-corrected chi connectivity index (χ4v) is 5.17. The van der Waals surface area contributed by atoms with Gasteiger partial charge in [0.1, 0.15) is 0 Å². The Morgan fingerprint density at radius 1 is 0.920 bits per heavy atom. The predicted octanol–water partition coefficient (Wildman–Crippen LogP) is 7.13. The molecule has 0 aromatic heterocycles. The number of rotatable bonds is 7. The Kier molecular flexibility index (Phi) is 7.84. The summed E-state index contributed by atoms with van der Waals surface area (Å²) in [5.74, 6) is 0.534. The van der Waals surface area contributed by atoms with Gasteiger partial charge in [0.2, 0.25) is 0 Å². The van der Waals surface area contributed by atoms with Gasteiger partial charge in [-0.2, -0.15) is 0 Å². The largest absolute Gasteiger partial charge is 0.416 e. The molecule has 0 amide bonds. The first-order chi connectivity index (χ1) is 11.1. The van der Waals surface area contributed by atoms with Crippen LogP contribution in [-0.4, -0.2) is 35.2 Å². The quantitative estimate of drug-likeness (QED) is 0.234. The maximum Gasteiger partial charge on any atom is 0.192 e. The number of halogens is 1. The SMILES string of the molecule is CC(C)(C)[Si](C)(C)OCC1=C(CBr)CCC1CO[Si](C)(C)C(C)(C)C. The van der Waals surface area contributed by atoms with Gasteiger partial charge in [-0.05, 0) is 54.7 Å². The monoisotopic (exact) mass is 448 g/mol. The summed E-state index contributed by atoms with van der Waals surface area (Å²) in [5.41, 5.74) is 3.06. The van der Waals surface area contributed by atoms with Crippen molar-refractivity contribution < 1.29 is 8.85 Å². The zero-order valence-electron chi connectivity index (χ0n) is 18.3. The third kappa shape index (κ3) is 6.03. The number of hydrogen-bond acceptors (Lipinski definition) is 2. The molecule has 1 unspecified atom stereocenters. The van der Waals surface area contributed by atoms with Crippen LogP contribution in [0.4, 0.5) is 0 Å². The molecule has 0 radical (unpaired) electrons. The van der Waals surface area contributed by atoms with Gasteiger partial charge in [0.25, 0.3) is 0 Å². The third-order valence-electron chi connectivity index (χ3n) is 6.75. The predicted molar refractivity (Wildman–Crippen MR) is 120 cm³/mol. The van der Waals surface area contributed by atoms with Gasteiger partial charge in [-0.1, -0.05) is 63.0 Å². The van der Waals surface area contributed by atoms with E-state index in [1.165, 1.54) is 18.4 Å². The molecule has 0 bridgehead atoms. The van der Waals surface area contributed by atoms with E-state index in [2.05, 4.69) is 83.7 Å². The van der Waals surface area contributed by atoms with Gasteiger partial charge in [-0.3, -0.25) is 0 Å². The molecule has 0 fully saturated rings. The van der Waals surface area contributed by atoms with Crippen LogP contribution in [0.1, 0.15) is 54.4 Å². The summed E-state index contributed by atoms with van der Waals surface area (Å²) in [4.78, 5) is 0. The van der Waals surface area contributed by atoms with E-state index in [4.69, 9.17) is 8.85 Å². The molecule has 1 atom stereocenters. The van der Waals surface area contributed by atoms with E-state index in [1.807, 2.05) is 0 Å². The maximum absolute atomic E-state index is 6.56. The van der Waals surface area contributed by atoms with Crippen molar-refractivity contribution in [1.29, 1.82) is 0 Å². The van der Waals surface area contributed by atoms with Crippen molar-refractivity contribution in [3.05, 3.63) is 11.1 Å². The van der Waals surface area contributed by atoms with Gasteiger partial charge in [0.05, 0.1) is 6.61 Å². The van der Waals surface area contributed by atoms with Crippen LogP contribution in [0, 0.1) is 5.92 Å². The molecule has 0 saturated heterocycles. The summed E-state index contributed by atoms with van der Waals surface area (Å²) in [6.45, 7) is 24.9. The van der Waals surface area contributed by atoms with Crippen LogP contribution in [0.3, 0.4) is 0 Å². The van der Waals surface area contributed by atoms with Gasteiger partial charge < -0.3 is 8.85 Å². The van der Waals surface area contributed by atoms with Crippen LogP contribution < -0.4 is 0 Å². The molecule has 0 saturated carbocycles. The minimum Gasteiger partial charge on any atom is -0.416 e. The second-order valence-corrected chi connectivity index (χ2v) is 20.8. The minimum atomic E-state index is -1.72. The molecular formula is C20H41BrO2Si2. The van der Waals surface area contributed by atoms with Crippen molar-refractivity contribution in [3.63, 3.8) is 0 Å². The van der Waals surface area contributed by atoms with Crippen LogP contribution in [0.5, 0.6) is 0 Å². The van der Waals surface area contributed by atoms with E-state index in [0.29, 0.717) is 5.92 Å². The zero-order valence-corrected chi connectivity index (χ0v) is 21.9. The van der Waals surface area contributed by atoms with Gasteiger partial charge in [0, 0.05) is 17.9 Å². The van der Waals surface area contributed by atoms with Crippen molar-refractivity contribution in [2.24, 2.45) is 5.92 Å². The molecule has 0 aliphatic heterocycles. The lowest BCUT2D eigenvalue weighted by Crippen LogP contribution is -2.43. The minimum absolute atomic E-state index is 0.258. The summed E-state index contributed by atoms with van der Waals surface area (Å²) in [6, 6.07) is 0. The van der Waals surface area contributed by atoms with Crippen LogP contribution in [0.25, 0.3) is 0 Å². The summed E-state index contributed by atoms with van der Waals surface area (Å²) in [5, 5.41) is 1.50. The Morgan fingerprint density at radius 3 is 1.84 bits per heavy atom. The number of allylic oxidation sites excluding steroid dienone is 1. The van der Waals surface area contributed by atoms with Crippen LogP contribution in [0.15, 0.2) is 11.1 Å². The van der Waals surface area contributed by atoms with Gasteiger partial charge in [-0.15, -0.1) is 0 Å². The summed E-state index contributed by atoms with van der Waals surface area (Å²) < 4.78 is 13.1. The highest BCUT2D eigenvalue weighted by Gasteiger charge is 2.40. The van der Waals surface area contributed by atoms with Crippen molar-refractivity contribution in [1.82, 2.24) is 0 Å². The molecule has 0 spiro atoms. The van der Waals surface area contributed by atoms with Crippen molar-refractivity contribution >= 4 is 32.6 Å². The molecular weight excluding hydrogens is 408 g/mol. The molecule has 148 valence electrons. The topological polar surface area (TPSA) is 18.5 Å². The Morgan fingerprint density at radius 2 is 1.40 bits per heavy atom. The molecule has 1 aliphatic carbocycles. The molecule has 2 nitrogen and oxygen atoms in total. The highest BCUT2D eigenvalue weighted by molar-refractivity contribution is 9.09. The molecule has 5 heteroatoms. The van der Waals surface area contributed by atoms with Crippen LogP contribution >= 0.6 is 15.9 Å². The summed E-state index contributed by atoms with van der Waals surface area (Å²) in [7, 11) is -3.41. The number of hydrogen-bond donors (Lipinski definition) is 0. The van der Waals surface area contributed by atoms with Crippen molar-refractivity contribution in [2.75, 3.05) is 18.5 Å². The average molecular weight is 450 g/mol. The van der Waals surface area contributed by atoms with Gasteiger partial charge in [0.15, 0.2) is 16.6 Å². The fraction of sp³-hybridized carbons (Fsp3) is 0.900. The normalized spacial score (nSPS) is 20.5. The maximum atomic E-state index is 6.56. The Labute approximate surface area is 167 Å². The Bertz CT molecular complexity index is 485. The van der Waals surface area contributed by atoms with E-state index in [1.54, 1.807) is 5.57 Å². The first kappa shape index (κ1) is 23.6. The van der Waals surface area contributed by atoms with Gasteiger partial charge >= 0.3 is 0 Å². The highest BCUT2D eigenvalue weighted by Crippen LogP contribution is 2.41. The lowest BCUT2D eigenvalue weighted by Gasteiger charge is -2.38. The average Bonchev–Trinajstić information content (AvgIpc) is 2.82. The Hall–Kier alpha value is 0.574.